The second-order valence-corrected chi connectivity index (χ2v) is 16.8. The average molecular weight is 653 g/mol. The molecule has 0 spiro atoms. The fourth-order valence-electron chi connectivity index (χ4n) is 11.8. The van der Waals surface area contributed by atoms with Crippen LogP contribution >= 0.6 is 0 Å². The summed E-state index contributed by atoms with van der Waals surface area (Å²) in [5, 5.41) is 86.9. The van der Waals surface area contributed by atoms with Gasteiger partial charge in [0.2, 0.25) is 6.29 Å². The Labute approximate surface area is 271 Å². The van der Waals surface area contributed by atoms with Crippen LogP contribution < -0.4 is 0 Å². The first-order chi connectivity index (χ1) is 21.4. The normalized spacial score (nSPS) is 56.8. The van der Waals surface area contributed by atoms with E-state index in [4.69, 9.17) is 9.47 Å². The summed E-state index contributed by atoms with van der Waals surface area (Å²) in [4.78, 5) is 14.4. The van der Waals surface area contributed by atoms with E-state index in [1.54, 1.807) is 6.92 Å². The lowest BCUT2D eigenvalue weighted by Crippen LogP contribution is -2.70. The summed E-state index contributed by atoms with van der Waals surface area (Å²) in [6.45, 7) is 9.40. The van der Waals surface area contributed by atoms with Gasteiger partial charge in [0, 0.05) is 11.3 Å². The van der Waals surface area contributed by atoms with Crippen molar-refractivity contribution in [2.24, 2.45) is 51.2 Å². The molecule has 0 amide bonds. The maximum atomic E-state index is 14.4. The Kier molecular flexibility index (Phi) is 8.64. The monoisotopic (exact) mass is 652 g/mol. The van der Waals surface area contributed by atoms with Gasteiger partial charge in [0.05, 0.1) is 31.0 Å². The summed E-state index contributed by atoms with van der Waals surface area (Å²) in [5.74, 6) is -1.33. The van der Waals surface area contributed by atoms with E-state index in [1.807, 2.05) is 13.8 Å². The third-order valence-corrected chi connectivity index (χ3v) is 14.9. The molecule has 0 bridgehead atoms. The molecule has 0 unspecified atom stereocenters. The molecule has 4 saturated carbocycles. The van der Waals surface area contributed by atoms with Gasteiger partial charge >= 0.3 is 5.97 Å². The van der Waals surface area contributed by atoms with Crippen molar-refractivity contribution in [2.75, 3.05) is 13.2 Å². The van der Waals surface area contributed by atoms with E-state index in [0.29, 0.717) is 12.8 Å². The van der Waals surface area contributed by atoms with Crippen molar-refractivity contribution in [1.29, 1.82) is 0 Å². The van der Waals surface area contributed by atoms with E-state index in [2.05, 4.69) is 19.9 Å². The number of esters is 1. The van der Waals surface area contributed by atoms with Crippen molar-refractivity contribution in [1.82, 2.24) is 0 Å². The zero-order valence-corrected chi connectivity index (χ0v) is 27.9. The highest BCUT2D eigenvalue weighted by Crippen LogP contribution is 2.72. The molecule has 262 valence electrons. The van der Waals surface area contributed by atoms with Gasteiger partial charge in [0.1, 0.15) is 29.8 Å². The largest absolute Gasteiger partial charge is 0.432 e. The van der Waals surface area contributed by atoms with E-state index in [9.17, 15) is 45.6 Å². The first-order valence-electron chi connectivity index (χ1n) is 17.4. The van der Waals surface area contributed by atoms with Gasteiger partial charge in [-0.1, -0.05) is 39.3 Å². The molecule has 46 heavy (non-hydrogen) atoms. The minimum atomic E-state index is -1.78. The number of allylic oxidation sites excluding steroid dienone is 1. The molecule has 11 heteroatoms. The highest BCUT2D eigenvalue weighted by Gasteiger charge is 2.72. The fraction of sp³-hybridized carbons (Fsp3) is 0.914. The molecule has 0 aromatic heterocycles. The van der Waals surface area contributed by atoms with Crippen molar-refractivity contribution < 1.29 is 55.1 Å². The zero-order chi connectivity index (χ0) is 33.8. The van der Waals surface area contributed by atoms with Crippen molar-refractivity contribution in [3.8, 4) is 0 Å². The first-order valence-corrected chi connectivity index (χ1v) is 17.4. The number of aliphatic hydroxyl groups is 8. The Morgan fingerprint density at radius 3 is 2.26 bits per heavy atom. The smallest absolute Gasteiger partial charge is 0.317 e. The van der Waals surface area contributed by atoms with Gasteiger partial charge in [-0.25, -0.2) is 0 Å². The Morgan fingerprint density at radius 2 is 1.61 bits per heavy atom. The van der Waals surface area contributed by atoms with Gasteiger partial charge in [-0.2, -0.15) is 0 Å². The number of ether oxygens (including phenoxy) is 2. The summed E-state index contributed by atoms with van der Waals surface area (Å²) >= 11 is 0. The Hall–Kier alpha value is -1.15. The molecule has 8 N–H and O–H groups in total. The van der Waals surface area contributed by atoms with Crippen LogP contribution in [0.2, 0.25) is 0 Å². The SMILES string of the molecule is C[C@@H]1CC[C@]2(C(=O)O[C@@H]3O[C@H](CO)[C@@H](O)[C@H](O)[C@H]3O)[C@H](O)C[C@]3(C)C(=CC[C@H]4[C@@H]3CC[C@@H]3[C@]4(C)CC[C@@H](O)[C@]3(C)CO)[C@@H]2[C@]1(C)O. The lowest BCUT2D eigenvalue weighted by atomic mass is 9.36. The van der Waals surface area contributed by atoms with Crippen molar-refractivity contribution in [3.63, 3.8) is 0 Å². The van der Waals surface area contributed by atoms with Crippen LogP contribution in [0.4, 0.5) is 0 Å². The number of hydrogen-bond donors (Lipinski definition) is 8. The van der Waals surface area contributed by atoms with Gasteiger partial charge < -0.3 is 50.3 Å². The predicted molar refractivity (Wildman–Crippen MR) is 164 cm³/mol. The number of carbonyl (C=O) groups excluding carboxylic acids is 1. The van der Waals surface area contributed by atoms with Gasteiger partial charge in [-0.05, 0) is 92.8 Å². The number of rotatable bonds is 4. The number of carbonyl (C=O) groups is 1. The maximum absolute atomic E-state index is 14.4. The van der Waals surface area contributed by atoms with Crippen LogP contribution in [0.3, 0.4) is 0 Å². The van der Waals surface area contributed by atoms with Gasteiger partial charge in [-0.15, -0.1) is 0 Å². The highest BCUT2D eigenvalue weighted by atomic mass is 16.7. The molecule has 6 rings (SSSR count). The number of aliphatic hydroxyl groups excluding tert-OH is 7. The summed E-state index contributed by atoms with van der Waals surface area (Å²) in [7, 11) is 0. The van der Waals surface area contributed by atoms with Crippen LogP contribution in [0.5, 0.6) is 0 Å². The fourth-order valence-corrected chi connectivity index (χ4v) is 11.8. The van der Waals surface area contributed by atoms with Gasteiger partial charge in [0.25, 0.3) is 0 Å². The minimum absolute atomic E-state index is 0.0786. The number of fused-ring (bicyclic) bond motifs is 7. The first kappa shape index (κ1) is 34.7. The molecule has 5 fully saturated rings. The molecular formula is C35H56O11. The van der Waals surface area contributed by atoms with Crippen LogP contribution in [0, 0.1) is 51.2 Å². The number of hydrogen-bond acceptors (Lipinski definition) is 11. The summed E-state index contributed by atoms with van der Waals surface area (Å²) in [6, 6.07) is 0. The van der Waals surface area contributed by atoms with E-state index in [0.717, 1.165) is 31.3 Å². The summed E-state index contributed by atoms with van der Waals surface area (Å²) < 4.78 is 11.3. The van der Waals surface area contributed by atoms with E-state index >= 15 is 0 Å². The molecule has 11 nitrogen and oxygen atoms in total. The third kappa shape index (κ3) is 4.52. The molecular weight excluding hydrogens is 596 g/mol. The molecule has 1 saturated heterocycles. The van der Waals surface area contributed by atoms with Gasteiger partial charge in [-0.3, -0.25) is 4.79 Å². The van der Waals surface area contributed by atoms with E-state index in [-0.39, 0.29) is 48.5 Å². The average Bonchev–Trinajstić information content (AvgIpc) is 3.01. The van der Waals surface area contributed by atoms with Crippen molar-refractivity contribution in [3.05, 3.63) is 11.6 Å². The van der Waals surface area contributed by atoms with E-state index < -0.39 is 83.3 Å². The minimum Gasteiger partial charge on any atom is -0.432 e. The molecule has 6 aliphatic rings. The third-order valence-electron chi connectivity index (χ3n) is 14.9. The molecule has 5 aliphatic carbocycles. The van der Waals surface area contributed by atoms with E-state index in [1.165, 1.54) is 0 Å². The summed E-state index contributed by atoms with van der Waals surface area (Å²) in [5.41, 5.74) is -3.28. The van der Waals surface area contributed by atoms with Crippen LogP contribution in [0.1, 0.15) is 86.0 Å². The molecule has 1 aliphatic heterocycles. The second-order valence-electron chi connectivity index (χ2n) is 16.8. The molecule has 0 radical (unpaired) electrons. The van der Waals surface area contributed by atoms with Crippen LogP contribution in [-0.4, -0.2) is 109 Å². The summed E-state index contributed by atoms with van der Waals surface area (Å²) in [6.07, 6.45) is -2.87. The molecule has 0 aromatic carbocycles. The maximum Gasteiger partial charge on any atom is 0.317 e. The molecule has 0 aromatic rings. The highest BCUT2D eigenvalue weighted by molar-refractivity contribution is 5.80. The van der Waals surface area contributed by atoms with Crippen LogP contribution in [0.25, 0.3) is 0 Å². The molecule has 17 atom stereocenters. The van der Waals surface area contributed by atoms with Crippen LogP contribution in [0.15, 0.2) is 11.6 Å². The Balaban J connectivity index is 1.39. The predicted octanol–water partition coefficient (Wildman–Crippen LogP) is 1.02. The Bertz CT molecular complexity index is 1220. The second kappa shape index (κ2) is 11.5. The topological polar surface area (TPSA) is 197 Å². The Morgan fingerprint density at radius 1 is 0.913 bits per heavy atom. The quantitative estimate of drug-likeness (QED) is 0.159. The van der Waals surface area contributed by atoms with Gasteiger partial charge in [0.15, 0.2) is 0 Å². The zero-order valence-electron chi connectivity index (χ0n) is 27.9. The van der Waals surface area contributed by atoms with Crippen LogP contribution in [-0.2, 0) is 14.3 Å². The van der Waals surface area contributed by atoms with Crippen molar-refractivity contribution >= 4 is 5.97 Å². The lowest BCUT2D eigenvalue weighted by Gasteiger charge is -2.68. The standard InChI is InChI=1S/C35H56O11/c1-17-10-13-35(30(43)46-29-27(42)26(41)25(40)21(15-36)45-29)24(39)14-32(3)19-8-9-22-31(2,12-11-23(38)33(22,4)16-37)18(19)6-7-20(32)28(35)34(17,5)44/h7,17-19,21-29,36-42,44H,6,8-16H2,1-5H3/t17-,18+,19+,21-,22-,23-,24-,25-,26+,27-,28-,29+,31-,32+,33-,34-,35+/m1/s1. The molecule has 1 heterocycles. The lowest BCUT2D eigenvalue weighted by molar-refractivity contribution is -0.301. The van der Waals surface area contributed by atoms with Crippen molar-refractivity contribution in [2.45, 2.75) is 135 Å².